The van der Waals surface area contributed by atoms with Crippen molar-refractivity contribution in [3.8, 4) is 11.6 Å². The molecular formula is C31H33ClN4O5. The number of nitrogens with zero attached hydrogens (tertiary/aromatic N) is 2. The van der Waals surface area contributed by atoms with Gasteiger partial charge in [-0.3, -0.25) is 4.79 Å². The van der Waals surface area contributed by atoms with Crippen molar-refractivity contribution in [2.45, 2.75) is 37.7 Å². The maximum atomic E-state index is 12.5. The summed E-state index contributed by atoms with van der Waals surface area (Å²) in [5.74, 6) is 0.134. The number of aliphatic hydroxyl groups is 1. The largest absolute Gasteiger partial charge is 0.481 e. The number of carbonyl (C=O) groups excluding carboxylic acids is 1. The zero-order valence-electron chi connectivity index (χ0n) is 22.6. The van der Waals surface area contributed by atoms with Gasteiger partial charge >= 0.3 is 12.0 Å². The van der Waals surface area contributed by atoms with Gasteiger partial charge < -0.3 is 30.5 Å². The van der Waals surface area contributed by atoms with Crippen molar-refractivity contribution in [1.29, 1.82) is 0 Å². The maximum Gasteiger partial charge on any atom is 0.319 e. The minimum atomic E-state index is -0.978. The van der Waals surface area contributed by atoms with Crippen LogP contribution in [0.4, 0.5) is 10.5 Å². The molecule has 1 saturated heterocycles. The summed E-state index contributed by atoms with van der Waals surface area (Å²) >= 11 is 6.02. The number of urea groups is 1. The van der Waals surface area contributed by atoms with E-state index >= 15 is 0 Å². The Labute approximate surface area is 243 Å². The Bertz CT molecular complexity index is 1430. The minimum Gasteiger partial charge on any atom is -0.481 e. The van der Waals surface area contributed by atoms with Gasteiger partial charge in [0.1, 0.15) is 5.75 Å². The Morgan fingerprint density at radius 1 is 1.10 bits per heavy atom. The van der Waals surface area contributed by atoms with Crippen molar-refractivity contribution in [3.63, 3.8) is 0 Å². The molecule has 10 heteroatoms. The van der Waals surface area contributed by atoms with E-state index in [0.29, 0.717) is 41.6 Å². The number of aromatic nitrogens is 1. The van der Waals surface area contributed by atoms with Gasteiger partial charge in [-0.1, -0.05) is 35.9 Å². The van der Waals surface area contributed by atoms with Gasteiger partial charge in [0.05, 0.1) is 12.0 Å². The number of anilines is 1. The molecule has 0 spiro atoms. The second-order valence-electron chi connectivity index (χ2n) is 10.3. The van der Waals surface area contributed by atoms with Crippen LogP contribution < -0.4 is 15.4 Å². The number of amides is 2. The number of aliphatic carboxylic acids is 1. The quantitative estimate of drug-likeness (QED) is 0.282. The molecule has 2 amide bonds. The summed E-state index contributed by atoms with van der Waals surface area (Å²) in [6, 6.07) is 16.3. The van der Waals surface area contributed by atoms with Crippen molar-refractivity contribution in [3.05, 3.63) is 88.6 Å². The van der Waals surface area contributed by atoms with E-state index in [1.807, 2.05) is 42.5 Å². The number of likely N-dealkylation sites (tertiary alicyclic amines) is 1. The van der Waals surface area contributed by atoms with Crippen LogP contribution in [0.15, 0.2) is 66.9 Å². The summed E-state index contributed by atoms with van der Waals surface area (Å²) in [6.45, 7) is 2.45. The fourth-order valence-corrected chi connectivity index (χ4v) is 5.44. The molecule has 0 unspecified atom stereocenters. The van der Waals surface area contributed by atoms with Crippen molar-refractivity contribution in [1.82, 2.24) is 15.2 Å². The number of nitrogens with one attached hydrogen (secondary N) is 2. The average Bonchev–Trinajstić information content (AvgIpc) is 3.11. The van der Waals surface area contributed by atoms with Crippen LogP contribution >= 0.6 is 11.6 Å². The molecule has 0 bridgehead atoms. The predicted octanol–water partition coefficient (Wildman–Crippen LogP) is 5.44. The second kappa shape index (κ2) is 12.7. The molecule has 214 valence electrons. The first-order chi connectivity index (χ1) is 19.8. The fraction of sp³-hybridized carbons (Fsp3) is 0.323. The van der Waals surface area contributed by atoms with Crippen LogP contribution in [-0.2, 0) is 16.8 Å². The van der Waals surface area contributed by atoms with E-state index in [2.05, 4.69) is 26.6 Å². The van der Waals surface area contributed by atoms with Crippen LogP contribution in [0.25, 0.3) is 5.57 Å². The van der Waals surface area contributed by atoms with E-state index in [1.165, 1.54) is 0 Å². The lowest BCUT2D eigenvalue weighted by Crippen LogP contribution is -2.42. The number of rotatable bonds is 8. The lowest BCUT2D eigenvalue weighted by atomic mass is 9.84. The van der Waals surface area contributed by atoms with Crippen molar-refractivity contribution >= 4 is 34.9 Å². The zero-order valence-corrected chi connectivity index (χ0v) is 23.4. The Hall–Kier alpha value is -3.92. The van der Waals surface area contributed by atoms with E-state index in [1.54, 1.807) is 18.3 Å². The third-order valence-corrected chi connectivity index (χ3v) is 7.85. The van der Waals surface area contributed by atoms with Gasteiger partial charge in [0, 0.05) is 60.6 Å². The highest BCUT2D eigenvalue weighted by Gasteiger charge is 2.33. The molecule has 3 heterocycles. The number of hydrogen-bond donors (Lipinski definition) is 4. The van der Waals surface area contributed by atoms with Gasteiger partial charge in [-0.05, 0) is 66.8 Å². The summed E-state index contributed by atoms with van der Waals surface area (Å²) in [7, 11) is 0. The Morgan fingerprint density at radius 3 is 2.63 bits per heavy atom. The molecule has 2 aliphatic rings. The van der Waals surface area contributed by atoms with E-state index < -0.39 is 17.6 Å². The maximum absolute atomic E-state index is 12.5. The van der Waals surface area contributed by atoms with Gasteiger partial charge in [0.2, 0.25) is 5.88 Å². The summed E-state index contributed by atoms with van der Waals surface area (Å²) in [5.41, 5.74) is 3.42. The van der Waals surface area contributed by atoms with E-state index in [-0.39, 0.29) is 13.0 Å². The second-order valence-corrected chi connectivity index (χ2v) is 10.8. The number of carboxylic acids is 1. The number of halogens is 1. The number of benzene rings is 2. The summed E-state index contributed by atoms with van der Waals surface area (Å²) in [4.78, 5) is 30.1. The van der Waals surface area contributed by atoms with Crippen LogP contribution in [0.2, 0.25) is 5.02 Å². The molecule has 9 nitrogen and oxygen atoms in total. The lowest BCUT2D eigenvalue weighted by molar-refractivity contribution is -0.136. The van der Waals surface area contributed by atoms with Gasteiger partial charge in [-0.15, -0.1) is 0 Å². The topological polar surface area (TPSA) is 124 Å². The van der Waals surface area contributed by atoms with Crippen molar-refractivity contribution < 1.29 is 24.5 Å². The number of carboxylic acid groups (broad SMARTS) is 1. The smallest absolute Gasteiger partial charge is 0.319 e. The number of allylic oxidation sites excluding steroid dienone is 1. The van der Waals surface area contributed by atoms with Crippen LogP contribution in [0.3, 0.4) is 0 Å². The molecule has 0 radical (unpaired) electrons. The Kier molecular flexibility index (Phi) is 8.87. The standard InChI is InChI=1S/C31H33ClN4O5/c32-23-10-8-22(9-11-23)31(40)13-18-36(19-14-31)17-3-4-21-20-25-26(35-30(39)34-16-12-28(37)38)6-1-7-27(25)41-29-24(21)5-2-15-33-29/h1-2,4-11,15,40H,3,12-14,16-20H2,(H,37,38)(H2,34,35,39). The third kappa shape index (κ3) is 7.05. The number of fused-ring (bicyclic) bond motifs is 2. The lowest BCUT2D eigenvalue weighted by Gasteiger charge is -2.38. The molecule has 0 aliphatic carbocycles. The average molecular weight is 577 g/mol. The number of hydrogen-bond acceptors (Lipinski definition) is 6. The first-order valence-electron chi connectivity index (χ1n) is 13.7. The molecule has 41 heavy (non-hydrogen) atoms. The van der Waals surface area contributed by atoms with Crippen LogP contribution in [0.5, 0.6) is 11.6 Å². The number of carbonyl (C=O) groups is 2. The number of pyridine rings is 1. The van der Waals surface area contributed by atoms with E-state index in [4.69, 9.17) is 21.4 Å². The molecule has 5 rings (SSSR count). The highest BCUT2D eigenvalue weighted by atomic mass is 35.5. The predicted molar refractivity (Wildman–Crippen MR) is 157 cm³/mol. The molecule has 2 aromatic carbocycles. The highest BCUT2D eigenvalue weighted by molar-refractivity contribution is 6.30. The van der Waals surface area contributed by atoms with Crippen molar-refractivity contribution in [2.75, 3.05) is 31.5 Å². The van der Waals surface area contributed by atoms with Gasteiger partial charge in [0.15, 0.2) is 0 Å². The Balaban J connectivity index is 1.27. The third-order valence-electron chi connectivity index (χ3n) is 7.60. The summed E-state index contributed by atoms with van der Waals surface area (Å²) in [5, 5.41) is 26.1. The van der Waals surface area contributed by atoms with Crippen LogP contribution in [0, 0.1) is 0 Å². The molecule has 0 atom stereocenters. The number of piperidine rings is 1. The summed E-state index contributed by atoms with van der Waals surface area (Å²) < 4.78 is 6.19. The highest BCUT2D eigenvalue weighted by Crippen LogP contribution is 2.41. The van der Waals surface area contributed by atoms with Gasteiger partial charge in [-0.2, -0.15) is 0 Å². The first kappa shape index (κ1) is 28.6. The monoisotopic (exact) mass is 576 g/mol. The van der Waals surface area contributed by atoms with Crippen LogP contribution in [-0.4, -0.2) is 58.3 Å². The van der Waals surface area contributed by atoms with Crippen molar-refractivity contribution in [2.24, 2.45) is 0 Å². The Morgan fingerprint density at radius 2 is 1.88 bits per heavy atom. The van der Waals surface area contributed by atoms with Gasteiger partial charge in [-0.25, -0.2) is 9.78 Å². The molecule has 4 N–H and O–H groups in total. The molecular weight excluding hydrogens is 544 g/mol. The summed E-state index contributed by atoms with van der Waals surface area (Å²) in [6.07, 6.45) is 6.36. The normalized spacial score (nSPS) is 17.1. The SMILES string of the molecule is O=C(O)CCNC(=O)Nc1cccc2c1CC(=CCCN1CCC(O)(c3ccc(Cl)cc3)CC1)c1cccnc1O2. The molecule has 1 fully saturated rings. The van der Waals surface area contributed by atoms with E-state index in [9.17, 15) is 14.7 Å². The molecule has 0 saturated carbocycles. The van der Waals surface area contributed by atoms with Gasteiger partial charge in [0.25, 0.3) is 0 Å². The first-order valence-corrected chi connectivity index (χ1v) is 14.1. The van der Waals surface area contributed by atoms with Crippen LogP contribution in [0.1, 0.15) is 42.4 Å². The molecule has 2 aliphatic heterocycles. The molecule has 3 aromatic rings. The fourth-order valence-electron chi connectivity index (χ4n) is 5.32. The minimum absolute atomic E-state index is 0.0286. The van der Waals surface area contributed by atoms with E-state index in [0.717, 1.165) is 48.3 Å². The molecule has 1 aromatic heterocycles. The zero-order chi connectivity index (χ0) is 28.8. The number of ether oxygens (including phenoxy) is 1.